The third-order valence-electron chi connectivity index (χ3n) is 3.48. The minimum absolute atomic E-state index is 0.117. The topological polar surface area (TPSA) is 78.9 Å². The van der Waals surface area contributed by atoms with Crippen molar-refractivity contribution in [2.45, 2.75) is 19.9 Å². The summed E-state index contributed by atoms with van der Waals surface area (Å²) in [4.78, 5) is 26.3. The molecule has 1 unspecified atom stereocenters. The number of amides is 2. The Hall–Kier alpha value is -2.08. The maximum atomic E-state index is 12.7. The quantitative estimate of drug-likeness (QED) is 0.858. The van der Waals surface area contributed by atoms with Crippen LogP contribution in [0.4, 0.5) is 0 Å². The van der Waals surface area contributed by atoms with E-state index in [1.165, 1.54) is 17.0 Å². The number of hydrogen-bond acceptors (Lipinski definition) is 4. The summed E-state index contributed by atoms with van der Waals surface area (Å²) < 4.78 is 5.32. The maximum absolute atomic E-state index is 12.7. The van der Waals surface area contributed by atoms with E-state index in [0.29, 0.717) is 30.8 Å². The molecule has 1 aliphatic rings. The summed E-state index contributed by atoms with van der Waals surface area (Å²) in [6, 6.07) is 3.98. The molecule has 2 amide bonds. The van der Waals surface area contributed by atoms with E-state index in [1.807, 2.05) is 6.92 Å². The predicted molar refractivity (Wildman–Crippen MR) is 77.2 cm³/mol. The molecule has 2 N–H and O–H groups in total. The van der Waals surface area contributed by atoms with E-state index in [2.05, 4.69) is 5.32 Å². The molecular weight excluding hydrogens is 272 g/mol. The van der Waals surface area contributed by atoms with Crippen molar-refractivity contribution in [1.82, 2.24) is 10.2 Å². The van der Waals surface area contributed by atoms with E-state index in [4.69, 9.17) is 4.74 Å². The van der Waals surface area contributed by atoms with Crippen LogP contribution >= 0.6 is 0 Å². The number of nitrogens with one attached hydrogen (secondary N) is 1. The van der Waals surface area contributed by atoms with Crippen molar-refractivity contribution < 1.29 is 19.4 Å². The van der Waals surface area contributed by atoms with E-state index < -0.39 is 6.04 Å². The zero-order valence-corrected chi connectivity index (χ0v) is 12.3. The van der Waals surface area contributed by atoms with Gasteiger partial charge in [-0.05, 0) is 37.6 Å². The first-order chi connectivity index (χ1) is 10.0. The summed E-state index contributed by atoms with van der Waals surface area (Å²) in [6.45, 7) is 5.09. The van der Waals surface area contributed by atoms with Gasteiger partial charge in [-0.15, -0.1) is 0 Å². The largest absolute Gasteiger partial charge is 0.508 e. The number of aryl methyl sites for hydroxylation is 1. The zero-order valence-electron chi connectivity index (χ0n) is 12.3. The second-order valence-corrected chi connectivity index (χ2v) is 4.98. The van der Waals surface area contributed by atoms with E-state index in [9.17, 15) is 14.7 Å². The minimum atomic E-state index is -0.612. The summed E-state index contributed by atoms with van der Waals surface area (Å²) in [6.07, 6.45) is 0. The number of hydrogen-bond donors (Lipinski definition) is 2. The van der Waals surface area contributed by atoms with Crippen molar-refractivity contribution >= 4 is 11.8 Å². The average molecular weight is 292 g/mol. The summed E-state index contributed by atoms with van der Waals surface area (Å²) in [5.74, 6) is -0.305. The Labute approximate surface area is 123 Å². The van der Waals surface area contributed by atoms with Crippen LogP contribution < -0.4 is 5.32 Å². The van der Waals surface area contributed by atoms with Crippen LogP contribution in [0.2, 0.25) is 0 Å². The Balaban J connectivity index is 2.24. The number of benzene rings is 1. The molecule has 1 heterocycles. The first-order valence-electron chi connectivity index (χ1n) is 7.00. The summed E-state index contributed by atoms with van der Waals surface area (Å²) in [7, 11) is 0. The molecule has 0 saturated carbocycles. The number of carbonyl (C=O) groups is 2. The first kappa shape index (κ1) is 15.3. The number of likely N-dealkylation sites (N-methyl/N-ethyl adjacent to an activating group) is 1. The van der Waals surface area contributed by atoms with Gasteiger partial charge >= 0.3 is 0 Å². The van der Waals surface area contributed by atoms with Gasteiger partial charge in [-0.1, -0.05) is 0 Å². The van der Waals surface area contributed by atoms with Gasteiger partial charge in [0.25, 0.3) is 5.91 Å². The first-order valence-corrected chi connectivity index (χ1v) is 7.00. The molecule has 1 aromatic carbocycles. The number of morpholine rings is 1. The molecule has 1 saturated heterocycles. The molecule has 0 aromatic heterocycles. The molecule has 114 valence electrons. The predicted octanol–water partition coefficient (Wildman–Crippen LogP) is 0.678. The molecule has 1 aromatic rings. The number of nitrogens with zero attached hydrogens (tertiary/aromatic N) is 1. The number of carbonyl (C=O) groups excluding carboxylic acids is 2. The molecule has 1 fully saturated rings. The van der Waals surface area contributed by atoms with Crippen molar-refractivity contribution in [3.8, 4) is 5.75 Å². The highest BCUT2D eigenvalue weighted by Crippen LogP contribution is 2.19. The fraction of sp³-hybridized carbons (Fsp3) is 0.467. The fourth-order valence-corrected chi connectivity index (χ4v) is 2.40. The van der Waals surface area contributed by atoms with Crippen LogP contribution in [-0.2, 0) is 9.53 Å². The van der Waals surface area contributed by atoms with Gasteiger partial charge in [0.15, 0.2) is 0 Å². The summed E-state index contributed by atoms with van der Waals surface area (Å²) in [5, 5.41) is 12.2. The molecule has 1 aliphatic heterocycles. The highest BCUT2D eigenvalue weighted by molar-refractivity contribution is 5.99. The van der Waals surface area contributed by atoms with Crippen molar-refractivity contribution in [2.24, 2.45) is 0 Å². The Bertz CT molecular complexity index is 544. The lowest BCUT2D eigenvalue weighted by Crippen LogP contribution is -2.56. The molecule has 0 aliphatic carbocycles. The summed E-state index contributed by atoms with van der Waals surface area (Å²) >= 11 is 0. The SMILES string of the molecule is CCNC(=O)C1COCCN1C(=O)c1ccc(O)cc1C. The molecule has 0 bridgehead atoms. The number of aromatic hydroxyl groups is 1. The molecule has 21 heavy (non-hydrogen) atoms. The summed E-state index contributed by atoms with van der Waals surface area (Å²) in [5.41, 5.74) is 1.17. The Kier molecular flexibility index (Phi) is 4.80. The van der Waals surface area contributed by atoms with Crippen molar-refractivity contribution in [3.05, 3.63) is 29.3 Å². The normalized spacial score (nSPS) is 18.4. The second-order valence-electron chi connectivity index (χ2n) is 4.98. The number of phenols is 1. The second kappa shape index (κ2) is 6.58. The standard InChI is InChI=1S/C15H20N2O4/c1-3-16-14(19)13-9-21-7-6-17(13)15(20)12-5-4-11(18)8-10(12)2/h4-5,8,13,18H,3,6-7,9H2,1-2H3,(H,16,19). The van der Waals surface area contributed by atoms with E-state index in [-0.39, 0.29) is 24.2 Å². The van der Waals surface area contributed by atoms with Gasteiger partial charge < -0.3 is 20.1 Å². The van der Waals surface area contributed by atoms with Crippen LogP contribution in [0.5, 0.6) is 5.75 Å². The van der Waals surface area contributed by atoms with Gasteiger partial charge in [0.2, 0.25) is 5.91 Å². The molecule has 2 rings (SSSR count). The highest BCUT2D eigenvalue weighted by Gasteiger charge is 2.33. The van der Waals surface area contributed by atoms with Gasteiger partial charge in [0.1, 0.15) is 11.8 Å². The van der Waals surface area contributed by atoms with Crippen LogP contribution in [0.15, 0.2) is 18.2 Å². The van der Waals surface area contributed by atoms with Gasteiger partial charge in [-0.25, -0.2) is 0 Å². The van der Waals surface area contributed by atoms with Crippen LogP contribution in [0, 0.1) is 6.92 Å². The van der Waals surface area contributed by atoms with E-state index >= 15 is 0 Å². The Morgan fingerprint density at radius 3 is 2.90 bits per heavy atom. The van der Waals surface area contributed by atoms with Crippen LogP contribution in [-0.4, -0.2) is 54.2 Å². The highest BCUT2D eigenvalue weighted by atomic mass is 16.5. The third-order valence-corrected chi connectivity index (χ3v) is 3.48. The smallest absolute Gasteiger partial charge is 0.254 e. The van der Waals surface area contributed by atoms with Gasteiger partial charge in [-0.3, -0.25) is 9.59 Å². The molecular formula is C15H20N2O4. The lowest BCUT2D eigenvalue weighted by molar-refractivity contribution is -0.130. The number of ether oxygens (including phenoxy) is 1. The number of rotatable bonds is 3. The Morgan fingerprint density at radius 1 is 1.48 bits per heavy atom. The van der Waals surface area contributed by atoms with E-state index in [0.717, 1.165) is 0 Å². The maximum Gasteiger partial charge on any atom is 0.254 e. The van der Waals surface area contributed by atoms with Crippen molar-refractivity contribution in [1.29, 1.82) is 0 Å². The van der Waals surface area contributed by atoms with Crippen LogP contribution in [0.1, 0.15) is 22.8 Å². The number of phenolic OH excluding ortho intramolecular Hbond substituents is 1. The molecule has 1 atom stereocenters. The molecule has 6 heteroatoms. The zero-order chi connectivity index (χ0) is 15.4. The lowest BCUT2D eigenvalue weighted by Gasteiger charge is -2.34. The van der Waals surface area contributed by atoms with Crippen LogP contribution in [0.25, 0.3) is 0 Å². The lowest BCUT2D eigenvalue weighted by atomic mass is 10.1. The van der Waals surface area contributed by atoms with Gasteiger partial charge in [0, 0.05) is 18.7 Å². The van der Waals surface area contributed by atoms with Crippen molar-refractivity contribution in [2.75, 3.05) is 26.3 Å². The molecule has 0 spiro atoms. The minimum Gasteiger partial charge on any atom is -0.508 e. The van der Waals surface area contributed by atoms with E-state index in [1.54, 1.807) is 13.0 Å². The van der Waals surface area contributed by atoms with Gasteiger partial charge in [-0.2, -0.15) is 0 Å². The fourth-order valence-electron chi connectivity index (χ4n) is 2.40. The van der Waals surface area contributed by atoms with Crippen molar-refractivity contribution in [3.63, 3.8) is 0 Å². The van der Waals surface area contributed by atoms with Gasteiger partial charge in [0.05, 0.1) is 13.2 Å². The monoisotopic (exact) mass is 292 g/mol. The third kappa shape index (κ3) is 3.33. The Morgan fingerprint density at radius 2 is 2.24 bits per heavy atom. The molecule has 6 nitrogen and oxygen atoms in total. The average Bonchev–Trinajstić information content (AvgIpc) is 2.47. The van der Waals surface area contributed by atoms with Crippen LogP contribution in [0.3, 0.4) is 0 Å². The molecule has 0 radical (unpaired) electrons.